The molecule has 0 radical (unpaired) electrons. The van der Waals surface area contributed by atoms with Gasteiger partial charge in [0.1, 0.15) is 0 Å². The molecule has 1 heterocycles. The molecule has 0 atom stereocenters. The molecular weight excluding hydrogens is 208 g/mol. The van der Waals surface area contributed by atoms with E-state index in [0.29, 0.717) is 6.41 Å². The Morgan fingerprint density at radius 3 is 3.00 bits per heavy atom. The molecule has 0 spiro atoms. The molecule has 8 heteroatoms. The number of carboxylic acids is 1. The molecule has 72 valence electrons. The zero-order valence-electron chi connectivity index (χ0n) is 6.68. The van der Waals surface area contributed by atoms with Crippen molar-refractivity contribution in [1.29, 1.82) is 5.53 Å². The molecule has 14 heavy (non-hydrogen) atoms. The molecule has 0 saturated carbocycles. The van der Waals surface area contributed by atoms with Gasteiger partial charge in [0.15, 0.2) is 16.8 Å². The lowest BCUT2D eigenvalue weighted by Crippen LogP contribution is -2.33. The van der Waals surface area contributed by atoms with Crippen LogP contribution < -0.4 is 10.4 Å². The fraction of sp³-hybridized carbons (Fsp3) is 0. The van der Waals surface area contributed by atoms with Crippen molar-refractivity contribution < 1.29 is 19.5 Å². The van der Waals surface area contributed by atoms with E-state index in [1.807, 2.05) is 0 Å². The van der Waals surface area contributed by atoms with Crippen molar-refractivity contribution in [2.24, 2.45) is 0 Å². The maximum absolute atomic E-state index is 10.4. The molecule has 0 aliphatic carbocycles. The topological polar surface area (TPSA) is 120 Å². The Bertz CT molecular complexity index is 420. The van der Waals surface area contributed by atoms with Gasteiger partial charge in [-0.15, -0.1) is 11.3 Å². The summed E-state index contributed by atoms with van der Waals surface area (Å²) in [5.41, 5.74) is 6.01. The minimum Gasteiger partial charge on any atom is -0.538 e. The Kier molecular flexibility index (Phi) is 3.05. The highest BCUT2D eigenvalue weighted by atomic mass is 32.1. The van der Waals surface area contributed by atoms with Gasteiger partial charge in [-0.2, -0.15) is 0 Å². The summed E-state index contributed by atoms with van der Waals surface area (Å²) in [5, 5.41) is 14.2. The summed E-state index contributed by atoms with van der Waals surface area (Å²) in [6, 6.07) is 0. The third kappa shape index (κ3) is 2.00. The number of carbonyl (C=O) groups excluding carboxylic acids is 2. The zero-order chi connectivity index (χ0) is 10.6. The van der Waals surface area contributed by atoms with Crippen LogP contribution >= 0.6 is 11.3 Å². The SMILES string of the molecule is N=[N+]=C(C(=O)[O-])c1csc(NC=O)n1. The number of hydrogen-bond acceptors (Lipinski definition) is 6. The van der Waals surface area contributed by atoms with Crippen molar-refractivity contribution in [3.05, 3.63) is 11.1 Å². The lowest BCUT2D eigenvalue weighted by Gasteiger charge is -1.89. The largest absolute Gasteiger partial charge is 0.538 e. The molecule has 2 N–H and O–H groups in total. The molecule has 0 aliphatic rings. The molecule has 0 saturated heterocycles. The van der Waals surface area contributed by atoms with Crippen LogP contribution in [0.15, 0.2) is 5.38 Å². The van der Waals surface area contributed by atoms with Gasteiger partial charge in [-0.3, -0.25) is 4.79 Å². The van der Waals surface area contributed by atoms with E-state index in [4.69, 9.17) is 5.53 Å². The van der Waals surface area contributed by atoms with E-state index in [1.165, 1.54) is 5.38 Å². The second kappa shape index (κ2) is 4.26. The lowest BCUT2D eigenvalue weighted by atomic mass is 10.3. The monoisotopic (exact) mass is 212 g/mol. The molecule has 7 nitrogen and oxygen atoms in total. The van der Waals surface area contributed by atoms with Crippen LogP contribution in [0.3, 0.4) is 0 Å². The highest BCUT2D eigenvalue weighted by Gasteiger charge is 2.20. The van der Waals surface area contributed by atoms with Crippen LogP contribution in [0.2, 0.25) is 0 Å². The quantitative estimate of drug-likeness (QED) is 0.273. The molecule has 1 rings (SSSR count). The van der Waals surface area contributed by atoms with Crippen LogP contribution in [-0.2, 0) is 9.59 Å². The molecule has 0 bridgehead atoms. The number of aliphatic carboxylic acids is 1. The molecular formula is C6H4N4O3S. The van der Waals surface area contributed by atoms with E-state index >= 15 is 0 Å². The van der Waals surface area contributed by atoms with Crippen molar-refractivity contribution in [1.82, 2.24) is 4.98 Å². The van der Waals surface area contributed by atoms with Crippen molar-refractivity contribution in [3.8, 4) is 0 Å². The zero-order valence-corrected chi connectivity index (χ0v) is 7.50. The summed E-state index contributed by atoms with van der Waals surface area (Å²) < 4.78 is 0. The minimum absolute atomic E-state index is 0.00523. The van der Waals surface area contributed by atoms with Crippen LogP contribution in [0.25, 0.3) is 0 Å². The van der Waals surface area contributed by atoms with Crippen LogP contribution in [0.5, 0.6) is 0 Å². The van der Waals surface area contributed by atoms with Crippen LogP contribution in [0, 0.1) is 5.53 Å². The van der Waals surface area contributed by atoms with Crippen LogP contribution in [-0.4, -0.2) is 27.9 Å². The molecule has 1 amide bonds. The Morgan fingerprint density at radius 2 is 2.50 bits per heavy atom. The third-order valence-electron chi connectivity index (χ3n) is 1.23. The maximum Gasteiger partial charge on any atom is 0.413 e. The van der Waals surface area contributed by atoms with Gasteiger partial charge < -0.3 is 15.2 Å². The first kappa shape index (κ1) is 10.0. The number of anilines is 1. The summed E-state index contributed by atoms with van der Waals surface area (Å²) >= 11 is 1.03. The second-order valence-electron chi connectivity index (χ2n) is 2.05. The molecule has 1 aromatic heterocycles. The van der Waals surface area contributed by atoms with E-state index in [0.717, 1.165) is 11.3 Å². The van der Waals surface area contributed by atoms with Gasteiger partial charge in [0.25, 0.3) is 0 Å². The Balaban J connectivity index is 3.01. The third-order valence-corrected chi connectivity index (χ3v) is 2.01. The summed E-state index contributed by atoms with van der Waals surface area (Å²) in [5.74, 6) is -1.58. The normalized spacial score (nSPS) is 8.86. The fourth-order valence-corrected chi connectivity index (χ4v) is 1.36. The average Bonchev–Trinajstić information content (AvgIpc) is 2.54. The standard InChI is InChI=1S/C6H4N4O3S/c7-10-4(5(12)13)3-1-14-6(9-3)8-2-11/h1-2,7H,(H-,8,9,11,12,13). The van der Waals surface area contributed by atoms with Crippen molar-refractivity contribution in [2.45, 2.75) is 0 Å². The molecule has 1 aromatic rings. The first-order chi connectivity index (χ1) is 6.69. The Morgan fingerprint density at radius 1 is 1.79 bits per heavy atom. The van der Waals surface area contributed by atoms with Gasteiger partial charge in [0.2, 0.25) is 6.41 Å². The highest BCUT2D eigenvalue weighted by Crippen LogP contribution is 2.14. The van der Waals surface area contributed by atoms with E-state index in [-0.39, 0.29) is 10.8 Å². The van der Waals surface area contributed by atoms with Crippen molar-refractivity contribution in [2.75, 3.05) is 5.32 Å². The van der Waals surface area contributed by atoms with Crippen LogP contribution in [0.4, 0.5) is 5.13 Å². The fourth-order valence-electron chi connectivity index (χ4n) is 0.707. The predicted molar refractivity (Wildman–Crippen MR) is 43.9 cm³/mol. The van der Waals surface area contributed by atoms with E-state index in [1.54, 1.807) is 0 Å². The summed E-state index contributed by atoms with van der Waals surface area (Å²) in [7, 11) is 0. The summed E-state index contributed by atoms with van der Waals surface area (Å²) in [4.78, 5) is 26.9. The number of nitrogens with one attached hydrogen (secondary N) is 2. The molecule has 0 unspecified atom stereocenters. The second-order valence-corrected chi connectivity index (χ2v) is 2.91. The van der Waals surface area contributed by atoms with Gasteiger partial charge in [0.05, 0.1) is 10.3 Å². The van der Waals surface area contributed by atoms with Gasteiger partial charge in [0, 0.05) is 5.38 Å². The van der Waals surface area contributed by atoms with E-state index in [2.05, 4.69) is 15.1 Å². The molecule has 0 fully saturated rings. The minimum atomic E-state index is -1.58. The summed E-state index contributed by atoms with van der Waals surface area (Å²) in [6.45, 7) is 0. The number of thiazole rings is 1. The number of rotatable bonds is 4. The van der Waals surface area contributed by atoms with Crippen LogP contribution in [0.1, 0.15) is 5.69 Å². The number of carbonyl (C=O) groups is 2. The molecule has 0 aliphatic heterocycles. The summed E-state index contributed by atoms with van der Waals surface area (Å²) in [6.07, 6.45) is 0.416. The van der Waals surface area contributed by atoms with Gasteiger partial charge in [-0.1, -0.05) is 0 Å². The van der Waals surface area contributed by atoms with E-state index in [9.17, 15) is 14.7 Å². The van der Waals surface area contributed by atoms with Crippen molar-refractivity contribution in [3.63, 3.8) is 0 Å². The van der Waals surface area contributed by atoms with Gasteiger partial charge in [-0.05, 0) is 0 Å². The Hall–Kier alpha value is -2.05. The first-order valence-corrected chi connectivity index (χ1v) is 4.19. The van der Waals surface area contributed by atoms with Gasteiger partial charge >= 0.3 is 5.71 Å². The number of hydrogen-bond donors (Lipinski definition) is 2. The number of aromatic nitrogens is 1. The number of carboxylic acid groups (broad SMARTS) is 1. The van der Waals surface area contributed by atoms with E-state index < -0.39 is 11.7 Å². The Labute approximate surface area is 81.6 Å². The number of nitrogens with zero attached hydrogens (tertiary/aromatic N) is 2. The van der Waals surface area contributed by atoms with Crippen molar-refractivity contribution >= 4 is 34.6 Å². The maximum atomic E-state index is 10.4. The molecule has 0 aromatic carbocycles. The number of amides is 1. The highest BCUT2D eigenvalue weighted by molar-refractivity contribution is 7.14. The smallest absolute Gasteiger partial charge is 0.413 e. The average molecular weight is 212 g/mol. The predicted octanol–water partition coefficient (Wildman–Crippen LogP) is -1.51. The lowest BCUT2D eigenvalue weighted by molar-refractivity contribution is -0.298. The first-order valence-electron chi connectivity index (χ1n) is 3.31. The van der Waals surface area contributed by atoms with Gasteiger partial charge in [-0.25, -0.2) is 4.98 Å².